The molecular formula is C39H41Br2F2N5O2. The van der Waals surface area contributed by atoms with Crippen molar-refractivity contribution in [1.82, 2.24) is 24.9 Å². The minimum absolute atomic E-state index is 0.317. The van der Waals surface area contributed by atoms with E-state index in [9.17, 15) is 8.78 Å². The lowest BCUT2D eigenvalue weighted by Gasteiger charge is -2.08. The number of fused-ring (bicyclic) bond motifs is 2. The van der Waals surface area contributed by atoms with E-state index in [1.165, 1.54) is 25.0 Å². The molecule has 0 aliphatic heterocycles. The Morgan fingerprint density at radius 1 is 0.720 bits per heavy atom. The van der Waals surface area contributed by atoms with Gasteiger partial charge in [-0.2, -0.15) is 10.2 Å². The van der Waals surface area contributed by atoms with Crippen LogP contribution in [0.15, 0.2) is 81.7 Å². The van der Waals surface area contributed by atoms with Crippen molar-refractivity contribution in [3.05, 3.63) is 93.4 Å². The molecule has 1 saturated carbocycles. The van der Waals surface area contributed by atoms with Crippen LogP contribution < -0.4 is 14.8 Å². The van der Waals surface area contributed by atoms with Crippen LogP contribution in [-0.4, -0.2) is 45.9 Å². The third-order valence-electron chi connectivity index (χ3n) is 8.68. The van der Waals surface area contributed by atoms with Gasteiger partial charge in [-0.1, -0.05) is 45.2 Å². The fraction of sp³-hybridized carbons (Fsp3) is 0.333. The first-order chi connectivity index (χ1) is 24.2. The zero-order valence-corrected chi connectivity index (χ0v) is 31.7. The van der Waals surface area contributed by atoms with E-state index >= 15 is 0 Å². The predicted molar refractivity (Wildman–Crippen MR) is 204 cm³/mol. The molecule has 262 valence electrons. The van der Waals surface area contributed by atoms with Gasteiger partial charge in [0.25, 0.3) is 0 Å². The number of ether oxygens (including phenoxy) is 2. The lowest BCUT2D eigenvalue weighted by atomic mass is 10.1. The summed E-state index contributed by atoms with van der Waals surface area (Å²) in [5.74, 6) is 1.37. The normalized spacial score (nSPS) is 12.7. The molecule has 2 heterocycles. The fourth-order valence-corrected chi connectivity index (χ4v) is 6.46. The minimum atomic E-state index is -0.318. The summed E-state index contributed by atoms with van der Waals surface area (Å²) in [7, 11) is 3.73. The predicted octanol–water partition coefficient (Wildman–Crippen LogP) is 10.2. The second-order valence-electron chi connectivity index (χ2n) is 12.6. The van der Waals surface area contributed by atoms with Crippen LogP contribution in [0.1, 0.15) is 39.0 Å². The number of hydrogen-bond donors (Lipinski definition) is 1. The van der Waals surface area contributed by atoms with Gasteiger partial charge in [-0.05, 0) is 105 Å². The Morgan fingerprint density at radius 3 is 1.68 bits per heavy atom. The van der Waals surface area contributed by atoms with Gasteiger partial charge in [0.2, 0.25) is 0 Å². The van der Waals surface area contributed by atoms with Crippen molar-refractivity contribution >= 4 is 53.7 Å². The molecule has 1 aliphatic carbocycles. The average Bonchev–Trinajstić information content (AvgIpc) is 3.80. The molecule has 0 bridgehead atoms. The zero-order chi connectivity index (χ0) is 35.2. The molecule has 0 saturated heterocycles. The Balaban J connectivity index is 0.000000175. The summed E-state index contributed by atoms with van der Waals surface area (Å²) >= 11 is 6.92. The average molecular weight is 810 g/mol. The first-order valence-corrected chi connectivity index (χ1v) is 18.6. The number of unbranched alkanes of at least 4 members (excludes halogenated alkanes) is 1. The highest BCUT2D eigenvalue weighted by Gasteiger charge is 2.20. The molecule has 7 rings (SSSR count). The van der Waals surface area contributed by atoms with E-state index in [0.717, 1.165) is 69.0 Å². The van der Waals surface area contributed by atoms with E-state index in [-0.39, 0.29) is 11.6 Å². The van der Waals surface area contributed by atoms with Gasteiger partial charge in [0.15, 0.2) is 0 Å². The highest BCUT2D eigenvalue weighted by Crippen LogP contribution is 2.34. The van der Waals surface area contributed by atoms with Crippen molar-refractivity contribution in [2.75, 3.05) is 26.3 Å². The number of nitrogens with one attached hydrogen (secondary N) is 1. The van der Waals surface area contributed by atoms with Crippen molar-refractivity contribution in [1.29, 1.82) is 0 Å². The molecule has 4 aromatic carbocycles. The largest absolute Gasteiger partial charge is 0.493 e. The lowest BCUT2D eigenvalue weighted by molar-refractivity contribution is 0.306. The van der Waals surface area contributed by atoms with Crippen LogP contribution in [0.25, 0.3) is 44.3 Å². The van der Waals surface area contributed by atoms with Gasteiger partial charge in [0.05, 0.1) is 24.2 Å². The van der Waals surface area contributed by atoms with Crippen molar-refractivity contribution in [3.63, 3.8) is 0 Å². The molecular weight excluding hydrogens is 768 g/mol. The first-order valence-electron chi connectivity index (χ1n) is 17.0. The summed E-state index contributed by atoms with van der Waals surface area (Å²) in [6.07, 6.45) is 5.64. The van der Waals surface area contributed by atoms with Gasteiger partial charge < -0.3 is 14.8 Å². The van der Waals surface area contributed by atoms with Crippen molar-refractivity contribution in [2.24, 2.45) is 20.0 Å². The molecule has 1 fully saturated rings. The van der Waals surface area contributed by atoms with Crippen molar-refractivity contribution in [3.8, 4) is 34.0 Å². The van der Waals surface area contributed by atoms with E-state index in [1.54, 1.807) is 27.6 Å². The molecule has 1 N–H and O–H groups in total. The third kappa shape index (κ3) is 8.73. The molecule has 6 aromatic rings. The first kappa shape index (κ1) is 36.0. The molecule has 11 heteroatoms. The van der Waals surface area contributed by atoms with Crippen LogP contribution in [-0.2, 0) is 14.1 Å². The molecule has 2 aromatic heterocycles. The summed E-state index contributed by atoms with van der Waals surface area (Å²) in [6.45, 7) is 5.33. The van der Waals surface area contributed by atoms with E-state index in [0.29, 0.717) is 47.2 Å². The van der Waals surface area contributed by atoms with Crippen LogP contribution in [0.2, 0.25) is 0 Å². The molecule has 1 aliphatic rings. The maximum absolute atomic E-state index is 14.7. The van der Waals surface area contributed by atoms with Crippen LogP contribution >= 0.6 is 31.9 Å². The maximum Gasteiger partial charge on any atom is 0.136 e. The van der Waals surface area contributed by atoms with Crippen LogP contribution in [0.4, 0.5) is 8.78 Å². The van der Waals surface area contributed by atoms with E-state index in [4.69, 9.17) is 9.47 Å². The lowest BCUT2D eigenvalue weighted by Crippen LogP contribution is -2.19. The summed E-state index contributed by atoms with van der Waals surface area (Å²) in [5.41, 5.74) is 4.18. The van der Waals surface area contributed by atoms with Gasteiger partial charge in [-0.15, -0.1) is 0 Å². The Bertz CT molecular complexity index is 2090. The summed E-state index contributed by atoms with van der Waals surface area (Å²) < 4.78 is 46.0. The van der Waals surface area contributed by atoms with Crippen LogP contribution in [0, 0.1) is 17.6 Å². The standard InChI is InChI=1S/C21H23BrFN3O.C18H18BrFN2O/c1-26-20-11-15(22)5-7-18(20)21(25-26)17-8-6-16(12-19(17)23)27-10-2-9-24-13-14-3-4-14;1-3-4-9-23-13-6-8-14(16(20)11-13)18-15-7-5-12(19)10-17(15)22(2)21-18/h5-8,11-12,14,24H,2-4,9-10,13H2,1H3;5-8,10-11H,3-4,9H2,1-2H3. The Hall–Kier alpha value is -3.80. The Kier molecular flexibility index (Phi) is 11.9. The quantitative estimate of drug-likeness (QED) is 0.118. The van der Waals surface area contributed by atoms with E-state index in [1.807, 2.05) is 56.6 Å². The number of aryl methyl sites for hydroxylation is 2. The molecule has 0 unspecified atom stereocenters. The monoisotopic (exact) mass is 807 g/mol. The number of rotatable bonds is 13. The van der Waals surface area contributed by atoms with Gasteiger partial charge >= 0.3 is 0 Å². The van der Waals surface area contributed by atoms with Gasteiger partial charge in [0, 0.05) is 57.1 Å². The van der Waals surface area contributed by atoms with Crippen LogP contribution in [0.3, 0.4) is 0 Å². The SMILES string of the molecule is CCCCOc1ccc(-c2nn(C)c3cc(Br)ccc23)c(F)c1.Cn1nc(-c2ccc(OCCCNCC3CC3)cc2F)c2ccc(Br)cc21. The number of aromatic nitrogens is 4. The smallest absolute Gasteiger partial charge is 0.136 e. The molecule has 0 spiro atoms. The van der Waals surface area contributed by atoms with Gasteiger partial charge in [-0.25, -0.2) is 8.78 Å². The van der Waals surface area contributed by atoms with E-state index < -0.39 is 0 Å². The van der Waals surface area contributed by atoms with E-state index in [2.05, 4.69) is 54.3 Å². The fourth-order valence-electron chi connectivity index (χ4n) is 5.76. The highest BCUT2D eigenvalue weighted by atomic mass is 79.9. The zero-order valence-electron chi connectivity index (χ0n) is 28.5. The molecule has 7 nitrogen and oxygen atoms in total. The second-order valence-corrected chi connectivity index (χ2v) is 14.4. The molecule has 0 radical (unpaired) electrons. The number of benzene rings is 4. The Labute approximate surface area is 308 Å². The molecule has 0 amide bonds. The van der Waals surface area contributed by atoms with Crippen molar-refractivity contribution in [2.45, 2.75) is 39.0 Å². The third-order valence-corrected chi connectivity index (χ3v) is 9.67. The number of halogens is 4. The minimum Gasteiger partial charge on any atom is -0.493 e. The highest BCUT2D eigenvalue weighted by molar-refractivity contribution is 9.10. The second kappa shape index (κ2) is 16.5. The van der Waals surface area contributed by atoms with Crippen molar-refractivity contribution < 1.29 is 18.3 Å². The Morgan fingerprint density at radius 2 is 1.22 bits per heavy atom. The molecule has 0 atom stereocenters. The summed E-state index contributed by atoms with van der Waals surface area (Å²) in [6, 6.07) is 21.7. The topological polar surface area (TPSA) is 66.1 Å². The maximum atomic E-state index is 14.7. The molecule has 50 heavy (non-hydrogen) atoms. The van der Waals surface area contributed by atoms with Gasteiger partial charge in [-0.3, -0.25) is 9.36 Å². The summed E-state index contributed by atoms with van der Waals surface area (Å²) in [4.78, 5) is 0. The number of nitrogens with zero attached hydrogens (tertiary/aromatic N) is 4. The van der Waals surface area contributed by atoms with Crippen LogP contribution in [0.5, 0.6) is 11.5 Å². The van der Waals surface area contributed by atoms with Gasteiger partial charge in [0.1, 0.15) is 34.5 Å². The number of hydrogen-bond acceptors (Lipinski definition) is 5. The summed E-state index contributed by atoms with van der Waals surface area (Å²) in [5, 5.41) is 14.3.